The molecule has 2 rings (SSSR count). The third kappa shape index (κ3) is 3.32. The summed E-state index contributed by atoms with van der Waals surface area (Å²) in [6.07, 6.45) is 1.58. The lowest BCUT2D eigenvalue weighted by atomic mass is 10.3. The Kier molecular flexibility index (Phi) is 4.52. The van der Waals surface area contributed by atoms with Crippen molar-refractivity contribution in [2.75, 3.05) is 0 Å². The normalized spacial score (nSPS) is 11.6. The first kappa shape index (κ1) is 14.0. The van der Waals surface area contributed by atoms with Crippen molar-refractivity contribution < 1.29 is 5.21 Å². The molecule has 7 heteroatoms. The van der Waals surface area contributed by atoms with Gasteiger partial charge in [0, 0.05) is 16.0 Å². The third-order valence-corrected chi connectivity index (χ3v) is 4.02. The molecule has 0 aliphatic heterocycles. The Hall–Kier alpha value is -1.43. The van der Waals surface area contributed by atoms with Crippen LogP contribution in [0.5, 0.6) is 0 Å². The van der Waals surface area contributed by atoms with E-state index in [9.17, 15) is 0 Å². The number of halogens is 2. The maximum Gasteiger partial charge on any atom is 0.189 e. The van der Waals surface area contributed by atoms with E-state index < -0.39 is 0 Å². The molecule has 2 aromatic rings. The molecule has 19 heavy (non-hydrogen) atoms. The van der Waals surface area contributed by atoms with Crippen molar-refractivity contribution in [3.8, 4) is 0 Å². The highest BCUT2D eigenvalue weighted by atomic mass is 35.5. The van der Waals surface area contributed by atoms with E-state index in [1.165, 1.54) is 11.8 Å². The predicted molar refractivity (Wildman–Crippen MR) is 77.3 cm³/mol. The standard InChI is InChI=1S/C12H9Cl2N3OS/c13-8-4-3-7(6-9(8)14)19-10-2-1-5-16-11(10)12(15)17-18/h1-6,18H,(H2,15,17). The van der Waals surface area contributed by atoms with Crippen LogP contribution in [0.2, 0.25) is 10.0 Å². The number of oxime groups is 1. The summed E-state index contributed by atoms with van der Waals surface area (Å²) in [5.41, 5.74) is 6.00. The smallest absolute Gasteiger partial charge is 0.189 e. The number of amidine groups is 1. The lowest BCUT2D eigenvalue weighted by Crippen LogP contribution is -2.15. The fourth-order valence-corrected chi connectivity index (χ4v) is 2.71. The van der Waals surface area contributed by atoms with Gasteiger partial charge in [-0.1, -0.05) is 40.1 Å². The Bertz CT molecular complexity index is 634. The molecule has 4 nitrogen and oxygen atoms in total. The minimum atomic E-state index is -0.0387. The van der Waals surface area contributed by atoms with E-state index in [0.29, 0.717) is 15.7 Å². The summed E-state index contributed by atoms with van der Waals surface area (Å²) in [4.78, 5) is 5.73. The predicted octanol–water partition coefficient (Wildman–Crippen LogP) is 3.63. The van der Waals surface area contributed by atoms with E-state index in [0.717, 1.165) is 9.79 Å². The minimum absolute atomic E-state index is 0.0387. The second-order valence-corrected chi connectivity index (χ2v) is 5.44. The van der Waals surface area contributed by atoms with Crippen LogP contribution in [0.25, 0.3) is 0 Å². The summed E-state index contributed by atoms with van der Waals surface area (Å²) in [7, 11) is 0. The molecule has 1 aromatic heterocycles. The number of nitrogens with two attached hydrogens (primary N) is 1. The van der Waals surface area contributed by atoms with Gasteiger partial charge in [-0.25, -0.2) is 0 Å². The van der Waals surface area contributed by atoms with E-state index in [2.05, 4.69) is 10.1 Å². The molecule has 1 aromatic carbocycles. The van der Waals surface area contributed by atoms with Crippen molar-refractivity contribution in [3.05, 3.63) is 52.3 Å². The molecule has 98 valence electrons. The molecule has 0 aliphatic rings. The van der Waals surface area contributed by atoms with Gasteiger partial charge >= 0.3 is 0 Å². The first-order valence-electron chi connectivity index (χ1n) is 5.17. The van der Waals surface area contributed by atoms with Gasteiger partial charge in [0.2, 0.25) is 0 Å². The highest BCUT2D eigenvalue weighted by molar-refractivity contribution is 7.99. The first-order valence-corrected chi connectivity index (χ1v) is 6.75. The Morgan fingerprint density at radius 2 is 2.05 bits per heavy atom. The highest BCUT2D eigenvalue weighted by Crippen LogP contribution is 2.33. The van der Waals surface area contributed by atoms with Crippen LogP contribution in [0.15, 0.2) is 51.5 Å². The summed E-state index contributed by atoms with van der Waals surface area (Å²) in [6.45, 7) is 0. The van der Waals surface area contributed by atoms with Crippen LogP contribution in [0.1, 0.15) is 5.69 Å². The third-order valence-electron chi connectivity index (χ3n) is 2.24. The molecule has 0 fully saturated rings. The zero-order valence-corrected chi connectivity index (χ0v) is 11.9. The van der Waals surface area contributed by atoms with Crippen molar-refractivity contribution in [2.45, 2.75) is 9.79 Å². The van der Waals surface area contributed by atoms with E-state index >= 15 is 0 Å². The van der Waals surface area contributed by atoms with Gasteiger partial charge in [-0.15, -0.1) is 0 Å². The van der Waals surface area contributed by atoms with Crippen molar-refractivity contribution in [3.63, 3.8) is 0 Å². The largest absolute Gasteiger partial charge is 0.409 e. The van der Waals surface area contributed by atoms with E-state index in [-0.39, 0.29) is 5.84 Å². The zero-order valence-electron chi connectivity index (χ0n) is 9.55. The van der Waals surface area contributed by atoms with Gasteiger partial charge < -0.3 is 10.9 Å². The number of rotatable bonds is 3. The number of nitrogens with zero attached hydrogens (tertiary/aromatic N) is 2. The van der Waals surface area contributed by atoms with Gasteiger partial charge in [-0.05, 0) is 30.3 Å². The monoisotopic (exact) mass is 313 g/mol. The van der Waals surface area contributed by atoms with Crippen LogP contribution >= 0.6 is 35.0 Å². The topological polar surface area (TPSA) is 71.5 Å². The van der Waals surface area contributed by atoms with E-state index in [1.54, 1.807) is 24.4 Å². The number of hydrogen-bond acceptors (Lipinski definition) is 4. The van der Waals surface area contributed by atoms with Crippen molar-refractivity contribution >= 4 is 40.8 Å². The average Bonchev–Trinajstić information content (AvgIpc) is 2.43. The van der Waals surface area contributed by atoms with Gasteiger partial charge in [-0.3, -0.25) is 4.98 Å². The molecule has 0 spiro atoms. The highest BCUT2D eigenvalue weighted by Gasteiger charge is 2.10. The van der Waals surface area contributed by atoms with Crippen LogP contribution in [0.3, 0.4) is 0 Å². The quantitative estimate of drug-likeness (QED) is 0.393. The van der Waals surface area contributed by atoms with E-state index in [1.807, 2.05) is 12.1 Å². The maximum atomic E-state index is 8.73. The molecule has 0 saturated carbocycles. The van der Waals surface area contributed by atoms with Crippen LogP contribution in [0, 0.1) is 0 Å². The fourth-order valence-electron chi connectivity index (χ4n) is 1.38. The lowest BCUT2D eigenvalue weighted by molar-refractivity contribution is 0.318. The van der Waals surface area contributed by atoms with Gasteiger partial charge in [0.1, 0.15) is 5.69 Å². The minimum Gasteiger partial charge on any atom is -0.409 e. The summed E-state index contributed by atoms with van der Waals surface area (Å²) in [5.74, 6) is -0.0387. The van der Waals surface area contributed by atoms with Crippen LogP contribution in [0.4, 0.5) is 0 Å². The van der Waals surface area contributed by atoms with E-state index in [4.69, 9.17) is 34.1 Å². The van der Waals surface area contributed by atoms with Crippen LogP contribution in [-0.4, -0.2) is 16.0 Å². The van der Waals surface area contributed by atoms with Crippen LogP contribution in [-0.2, 0) is 0 Å². The number of pyridine rings is 1. The number of hydrogen-bond donors (Lipinski definition) is 2. The van der Waals surface area contributed by atoms with Crippen molar-refractivity contribution in [2.24, 2.45) is 10.9 Å². The van der Waals surface area contributed by atoms with Gasteiger partial charge in [0.15, 0.2) is 5.84 Å². The molecule has 3 N–H and O–H groups in total. The molecule has 0 radical (unpaired) electrons. The van der Waals surface area contributed by atoms with Gasteiger partial charge in [0.05, 0.1) is 10.0 Å². The summed E-state index contributed by atoms with van der Waals surface area (Å²) < 4.78 is 0. The average molecular weight is 314 g/mol. The van der Waals surface area contributed by atoms with Crippen molar-refractivity contribution in [1.29, 1.82) is 0 Å². The Balaban J connectivity index is 2.35. The number of aromatic nitrogens is 1. The fraction of sp³-hybridized carbons (Fsp3) is 0. The molecule has 0 amide bonds. The van der Waals surface area contributed by atoms with Crippen molar-refractivity contribution in [1.82, 2.24) is 4.98 Å². The zero-order chi connectivity index (χ0) is 13.8. The molecule has 0 atom stereocenters. The molecular formula is C12H9Cl2N3OS. The molecule has 1 heterocycles. The van der Waals surface area contributed by atoms with Gasteiger partial charge in [0.25, 0.3) is 0 Å². The first-order chi connectivity index (χ1) is 9.11. The number of benzene rings is 1. The molecule has 0 bridgehead atoms. The molecule has 0 unspecified atom stereocenters. The van der Waals surface area contributed by atoms with Gasteiger partial charge in [-0.2, -0.15) is 0 Å². The Labute approximate surface area is 124 Å². The molecule has 0 saturated heterocycles. The Morgan fingerprint density at radius 3 is 2.74 bits per heavy atom. The van der Waals surface area contributed by atoms with Crippen LogP contribution < -0.4 is 5.73 Å². The summed E-state index contributed by atoms with van der Waals surface area (Å²) in [6, 6.07) is 8.90. The SMILES string of the molecule is N/C(=N/O)c1ncccc1Sc1ccc(Cl)c(Cl)c1. The second kappa shape index (κ2) is 6.14. The second-order valence-electron chi connectivity index (χ2n) is 3.51. The summed E-state index contributed by atoms with van der Waals surface area (Å²) >= 11 is 13.2. The maximum absolute atomic E-state index is 8.73. The summed E-state index contributed by atoms with van der Waals surface area (Å²) in [5, 5.41) is 12.7. The molecular weight excluding hydrogens is 305 g/mol. The molecule has 0 aliphatic carbocycles. The Morgan fingerprint density at radius 1 is 1.26 bits per heavy atom. The lowest BCUT2D eigenvalue weighted by Gasteiger charge is -2.07.